The van der Waals surface area contributed by atoms with Gasteiger partial charge in [0, 0.05) is 9.26 Å². The first-order valence-electron chi connectivity index (χ1n) is 4.55. The van der Waals surface area contributed by atoms with Gasteiger partial charge in [-0.25, -0.2) is 4.79 Å². The number of carbonyl (C=O) groups excluding carboxylic acids is 1. The predicted octanol–water partition coefficient (Wildman–Crippen LogP) is 1.89. The summed E-state index contributed by atoms with van der Waals surface area (Å²) in [6.45, 7) is 1.40. The quantitative estimate of drug-likeness (QED) is 0.739. The van der Waals surface area contributed by atoms with Gasteiger partial charge in [0.05, 0.1) is 0 Å². The van der Waals surface area contributed by atoms with Gasteiger partial charge in [0.2, 0.25) is 0 Å². The zero-order valence-electron chi connectivity index (χ0n) is 8.53. The van der Waals surface area contributed by atoms with E-state index < -0.39 is 18.0 Å². The molecule has 0 aliphatic heterocycles. The molecule has 0 aliphatic carbocycles. The van der Waals surface area contributed by atoms with E-state index in [1.165, 1.54) is 6.92 Å². The highest BCUT2D eigenvalue weighted by Gasteiger charge is 2.13. The average Bonchev–Trinajstić information content (AvgIpc) is 2.21. The molecule has 0 fully saturated rings. The second kappa shape index (κ2) is 5.69. The highest BCUT2D eigenvalue weighted by molar-refractivity contribution is 14.1. The number of carboxylic acid groups (broad SMARTS) is 1. The first-order valence-corrected chi connectivity index (χ1v) is 5.63. The molecule has 0 spiro atoms. The maximum atomic E-state index is 11.3. The van der Waals surface area contributed by atoms with Gasteiger partial charge in [-0.05, 0) is 53.8 Å². The summed E-state index contributed by atoms with van der Waals surface area (Å²) in [5.74, 6) is -1.07. The fourth-order valence-electron chi connectivity index (χ4n) is 0.959. The molecule has 16 heavy (non-hydrogen) atoms. The van der Waals surface area contributed by atoms with Crippen molar-refractivity contribution in [1.29, 1.82) is 0 Å². The smallest absolute Gasteiger partial charge is 0.325 e. The van der Waals surface area contributed by atoms with Crippen molar-refractivity contribution in [3.63, 3.8) is 0 Å². The molecule has 0 bridgehead atoms. The number of carbonyl (C=O) groups is 2. The lowest BCUT2D eigenvalue weighted by atomic mass is 10.3. The predicted molar refractivity (Wildman–Crippen MR) is 68.4 cm³/mol. The zero-order valence-corrected chi connectivity index (χ0v) is 10.7. The molecule has 0 aromatic heterocycles. The van der Waals surface area contributed by atoms with E-state index in [9.17, 15) is 9.59 Å². The number of halogens is 1. The molecular formula is C10H11IN2O3. The molecule has 0 aliphatic rings. The van der Waals surface area contributed by atoms with Crippen molar-refractivity contribution in [1.82, 2.24) is 5.32 Å². The molecular weight excluding hydrogens is 323 g/mol. The van der Waals surface area contributed by atoms with E-state index in [4.69, 9.17) is 5.11 Å². The molecule has 1 aromatic rings. The van der Waals surface area contributed by atoms with Crippen molar-refractivity contribution in [3.8, 4) is 0 Å². The van der Waals surface area contributed by atoms with E-state index >= 15 is 0 Å². The van der Waals surface area contributed by atoms with Gasteiger partial charge < -0.3 is 15.7 Å². The summed E-state index contributed by atoms with van der Waals surface area (Å²) in [6.07, 6.45) is 0. The van der Waals surface area contributed by atoms with Crippen molar-refractivity contribution >= 4 is 40.3 Å². The number of amides is 2. The molecule has 2 amide bonds. The Morgan fingerprint density at radius 2 is 1.88 bits per heavy atom. The van der Waals surface area contributed by atoms with Crippen LogP contribution in [0.3, 0.4) is 0 Å². The van der Waals surface area contributed by atoms with Gasteiger partial charge in [0.15, 0.2) is 0 Å². The Hall–Kier alpha value is -1.31. The summed E-state index contributed by atoms with van der Waals surface area (Å²) in [5, 5.41) is 13.4. The Morgan fingerprint density at radius 1 is 1.31 bits per heavy atom. The molecule has 0 saturated heterocycles. The van der Waals surface area contributed by atoms with E-state index in [-0.39, 0.29) is 0 Å². The Balaban J connectivity index is 2.52. The topological polar surface area (TPSA) is 78.4 Å². The maximum absolute atomic E-state index is 11.3. The number of anilines is 1. The van der Waals surface area contributed by atoms with Crippen molar-refractivity contribution in [2.45, 2.75) is 13.0 Å². The standard InChI is InChI=1S/C10H11IN2O3/c1-6(9(14)15)12-10(16)13-8-4-2-7(11)3-5-8/h2-6H,1H3,(H,14,15)(H2,12,13,16)/t6-/m0/s1. The Labute approximate surface area is 106 Å². The summed E-state index contributed by atoms with van der Waals surface area (Å²) < 4.78 is 1.06. The van der Waals surface area contributed by atoms with Gasteiger partial charge in [-0.15, -0.1) is 0 Å². The van der Waals surface area contributed by atoms with Crippen LogP contribution in [0, 0.1) is 3.57 Å². The minimum absolute atomic E-state index is 0.531. The van der Waals surface area contributed by atoms with Gasteiger partial charge in [-0.2, -0.15) is 0 Å². The van der Waals surface area contributed by atoms with Crippen LogP contribution in [0.4, 0.5) is 10.5 Å². The van der Waals surface area contributed by atoms with Gasteiger partial charge >= 0.3 is 12.0 Å². The van der Waals surface area contributed by atoms with Crippen molar-refractivity contribution in [2.75, 3.05) is 5.32 Å². The van der Waals surface area contributed by atoms with E-state index in [1.807, 2.05) is 12.1 Å². The van der Waals surface area contributed by atoms with Crippen LogP contribution in [-0.2, 0) is 4.79 Å². The number of benzene rings is 1. The number of hydrogen-bond acceptors (Lipinski definition) is 2. The van der Waals surface area contributed by atoms with Crippen molar-refractivity contribution in [3.05, 3.63) is 27.8 Å². The summed E-state index contributed by atoms with van der Waals surface area (Å²) in [6, 6.07) is 5.73. The maximum Gasteiger partial charge on any atom is 0.325 e. The summed E-state index contributed by atoms with van der Waals surface area (Å²) in [4.78, 5) is 21.8. The zero-order chi connectivity index (χ0) is 12.1. The normalized spacial score (nSPS) is 11.6. The Bertz CT molecular complexity index is 392. The molecule has 1 aromatic carbocycles. The number of rotatable bonds is 3. The van der Waals surface area contributed by atoms with Crippen LogP contribution in [0.5, 0.6) is 0 Å². The SMILES string of the molecule is C[C@H](NC(=O)Nc1ccc(I)cc1)C(=O)O. The van der Waals surface area contributed by atoms with Crippen LogP contribution >= 0.6 is 22.6 Å². The minimum atomic E-state index is -1.07. The van der Waals surface area contributed by atoms with Crippen LogP contribution in [-0.4, -0.2) is 23.1 Å². The molecule has 0 heterocycles. The summed E-state index contributed by atoms with van der Waals surface area (Å²) in [7, 11) is 0. The molecule has 0 radical (unpaired) electrons. The van der Waals surface area contributed by atoms with Gasteiger partial charge in [-0.1, -0.05) is 0 Å². The van der Waals surface area contributed by atoms with Crippen molar-refractivity contribution in [2.24, 2.45) is 0 Å². The van der Waals surface area contributed by atoms with Crippen LogP contribution in [0.1, 0.15) is 6.92 Å². The molecule has 0 unspecified atom stereocenters. The number of hydrogen-bond donors (Lipinski definition) is 3. The molecule has 1 rings (SSSR count). The fraction of sp³-hybridized carbons (Fsp3) is 0.200. The minimum Gasteiger partial charge on any atom is -0.480 e. The second-order valence-electron chi connectivity index (χ2n) is 3.17. The second-order valence-corrected chi connectivity index (χ2v) is 4.41. The number of nitrogens with one attached hydrogen (secondary N) is 2. The monoisotopic (exact) mass is 334 g/mol. The Kier molecular flexibility index (Phi) is 4.53. The highest BCUT2D eigenvalue weighted by Crippen LogP contribution is 2.10. The summed E-state index contributed by atoms with van der Waals surface area (Å²) in [5.41, 5.74) is 0.621. The lowest BCUT2D eigenvalue weighted by Crippen LogP contribution is -2.40. The first kappa shape index (κ1) is 12.8. The first-order chi connectivity index (χ1) is 7.49. The van der Waals surface area contributed by atoms with Crippen LogP contribution in [0.25, 0.3) is 0 Å². The molecule has 3 N–H and O–H groups in total. The van der Waals surface area contributed by atoms with E-state index in [2.05, 4.69) is 33.2 Å². The molecule has 5 nitrogen and oxygen atoms in total. The molecule has 0 saturated carbocycles. The van der Waals surface area contributed by atoms with E-state index in [1.54, 1.807) is 12.1 Å². The molecule has 1 atom stereocenters. The average molecular weight is 334 g/mol. The third kappa shape index (κ3) is 4.05. The fourth-order valence-corrected chi connectivity index (χ4v) is 1.32. The van der Waals surface area contributed by atoms with Gasteiger partial charge in [-0.3, -0.25) is 4.79 Å². The Morgan fingerprint density at radius 3 is 2.38 bits per heavy atom. The van der Waals surface area contributed by atoms with Crippen LogP contribution in [0.2, 0.25) is 0 Å². The third-order valence-corrected chi connectivity index (χ3v) is 2.54. The van der Waals surface area contributed by atoms with E-state index in [0.29, 0.717) is 5.69 Å². The lowest BCUT2D eigenvalue weighted by molar-refractivity contribution is -0.138. The number of carboxylic acids is 1. The highest BCUT2D eigenvalue weighted by atomic mass is 127. The summed E-state index contributed by atoms with van der Waals surface area (Å²) >= 11 is 2.15. The third-order valence-electron chi connectivity index (χ3n) is 1.82. The van der Waals surface area contributed by atoms with Crippen molar-refractivity contribution < 1.29 is 14.7 Å². The van der Waals surface area contributed by atoms with Gasteiger partial charge in [0.1, 0.15) is 6.04 Å². The largest absolute Gasteiger partial charge is 0.480 e. The number of aliphatic carboxylic acids is 1. The van der Waals surface area contributed by atoms with Gasteiger partial charge in [0.25, 0.3) is 0 Å². The molecule has 86 valence electrons. The molecule has 6 heteroatoms. The van der Waals surface area contributed by atoms with E-state index in [0.717, 1.165) is 3.57 Å². The van der Waals surface area contributed by atoms with Crippen LogP contribution < -0.4 is 10.6 Å². The van der Waals surface area contributed by atoms with Crippen LogP contribution in [0.15, 0.2) is 24.3 Å². The lowest BCUT2D eigenvalue weighted by Gasteiger charge is -2.10. The number of urea groups is 1.